The first-order valence-electron chi connectivity index (χ1n) is 10.8. The number of likely N-dealkylation sites (tertiary alicyclic amines) is 1. The maximum absolute atomic E-state index is 13.2. The second kappa shape index (κ2) is 9.03. The van der Waals surface area contributed by atoms with Gasteiger partial charge in [-0.2, -0.15) is 5.26 Å². The summed E-state index contributed by atoms with van der Waals surface area (Å²) in [7, 11) is 0. The summed E-state index contributed by atoms with van der Waals surface area (Å²) in [6.45, 7) is 5.59. The van der Waals surface area contributed by atoms with Gasteiger partial charge in [0.15, 0.2) is 0 Å². The van der Waals surface area contributed by atoms with Crippen molar-refractivity contribution in [2.24, 2.45) is 17.6 Å². The summed E-state index contributed by atoms with van der Waals surface area (Å²) in [4.78, 5) is 15.8. The normalized spacial score (nSPS) is 39.9. The number of hydrogen-bond acceptors (Lipinski definition) is 8. The van der Waals surface area contributed by atoms with Crippen molar-refractivity contribution in [3.63, 3.8) is 0 Å². The first-order valence-corrected chi connectivity index (χ1v) is 10.8. The van der Waals surface area contributed by atoms with Gasteiger partial charge in [-0.05, 0) is 44.8 Å². The molecule has 156 valence electrons. The van der Waals surface area contributed by atoms with Crippen LogP contribution < -0.4 is 27.1 Å². The first kappa shape index (κ1) is 20.0. The van der Waals surface area contributed by atoms with Crippen LogP contribution >= 0.6 is 0 Å². The highest BCUT2D eigenvalue weighted by Gasteiger charge is 2.47. The van der Waals surface area contributed by atoms with Crippen LogP contribution in [0.3, 0.4) is 0 Å². The topological polar surface area (TPSA) is 121 Å². The standard InChI is InChI=1S/C19H34N8O/c20-6-4-13-10-23-18-16(17(21)25-27(18)12-13)19(28)24-14-11-22-7-5-15(14)26-8-2-1-3-9-26/h13-18,22-23,25H,1-5,7-12,21H2,(H,24,28). The van der Waals surface area contributed by atoms with Gasteiger partial charge in [0.2, 0.25) is 5.91 Å². The van der Waals surface area contributed by atoms with E-state index in [-0.39, 0.29) is 30.0 Å². The van der Waals surface area contributed by atoms with E-state index < -0.39 is 6.17 Å². The van der Waals surface area contributed by atoms with Gasteiger partial charge in [-0.1, -0.05) is 6.42 Å². The summed E-state index contributed by atoms with van der Waals surface area (Å²) in [6, 6.07) is 2.77. The molecule has 28 heavy (non-hydrogen) atoms. The average molecular weight is 391 g/mol. The molecule has 9 nitrogen and oxygen atoms in total. The van der Waals surface area contributed by atoms with Gasteiger partial charge >= 0.3 is 0 Å². The third kappa shape index (κ3) is 4.17. The number of rotatable bonds is 4. The highest BCUT2D eigenvalue weighted by atomic mass is 16.2. The quantitative estimate of drug-likeness (QED) is 0.393. The molecule has 0 spiro atoms. The molecule has 0 aromatic carbocycles. The Morgan fingerprint density at radius 2 is 2.07 bits per heavy atom. The Labute approximate surface area is 167 Å². The Kier molecular flexibility index (Phi) is 6.45. The van der Waals surface area contributed by atoms with E-state index in [9.17, 15) is 4.79 Å². The predicted molar refractivity (Wildman–Crippen MR) is 105 cm³/mol. The largest absolute Gasteiger partial charge is 0.350 e. The van der Waals surface area contributed by atoms with Gasteiger partial charge in [0.05, 0.1) is 30.4 Å². The average Bonchev–Trinajstić information content (AvgIpc) is 3.04. The van der Waals surface area contributed by atoms with Crippen molar-refractivity contribution in [2.75, 3.05) is 39.3 Å². The molecule has 4 aliphatic heterocycles. The lowest BCUT2D eigenvalue weighted by Crippen LogP contribution is -2.63. The van der Waals surface area contributed by atoms with Crippen molar-refractivity contribution in [1.29, 1.82) is 5.26 Å². The fourth-order valence-corrected chi connectivity index (χ4v) is 5.31. The summed E-state index contributed by atoms with van der Waals surface area (Å²) < 4.78 is 0. The predicted octanol–water partition coefficient (Wildman–Crippen LogP) is -1.50. The molecule has 4 aliphatic rings. The zero-order chi connectivity index (χ0) is 19.5. The first-order chi connectivity index (χ1) is 13.7. The van der Waals surface area contributed by atoms with Crippen LogP contribution in [0.2, 0.25) is 0 Å². The van der Waals surface area contributed by atoms with Gasteiger partial charge in [0.25, 0.3) is 0 Å². The van der Waals surface area contributed by atoms with E-state index in [1.165, 1.54) is 19.3 Å². The molecule has 4 fully saturated rings. The highest BCUT2D eigenvalue weighted by molar-refractivity contribution is 5.81. The molecule has 1 amide bonds. The molecule has 4 heterocycles. The number of nitriles is 1. The molecule has 6 unspecified atom stereocenters. The number of nitrogens with one attached hydrogen (secondary N) is 4. The second-order valence-electron chi connectivity index (χ2n) is 8.69. The molecular formula is C19H34N8O. The van der Waals surface area contributed by atoms with Crippen LogP contribution in [0.15, 0.2) is 0 Å². The molecule has 9 heteroatoms. The Balaban J connectivity index is 1.39. The van der Waals surface area contributed by atoms with Crippen LogP contribution in [0.5, 0.6) is 0 Å². The van der Waals surface area contributed by atoms with Crippen LogP contribution in [-0.2, 0) is 4.79 Å². The van der Waals surface area contributed by atoms with E-state index in [2.05, 4.69) is 32.3 Å². The Morgan fingerprint density at radius 3 is 2.86 bits per heavy atom. The molecule has 6 atom stereocenters. The van der Waals surface area contributed by atoms with Crippen molar-refractivity contribution in [2.45, 2.75) is 56.5 Å². The summed E-state index contributed by atoms with van der Waals surface area (Å²) in [5.74, 6) is -0.0600. The van der Waals surface area contributed by atoms with Crippen molar-refractivity contribution < 1.29 is 4.79 Å². The molecule has 0 bridgehead atoms. The number of nitrogens with zero attached hydrogens (tertiary/aromatic N) is 3. The minimum absolute atomic E-state index is 0.0226. The SMILES string of the molecule is N#CCC1CNC2C(C(=O)NC3CNCCC3N3CCCCC3)C(N)NN2C1. The minimum Gasteiger partial charge on any atom is -0.350 e. The van der Waals surface area contributed by atoms with Crippen LogP contribution in [-0.4, -0.2) is 79.5 Å². The number of fused-ring (bicyclic) bond motifs is 1. The third-order valence-corrected chi connectivity index (χ3v) is 6.76. The number of carbonyl (C=O) groups is 1. The van der Waals surface area contributed by atoms with Gasteiger partial charge in [0, 0.05) is 32.1 Å². The molecular weight excluding hydrogens is 356 g/mol. The fourth-order valence-electron chi connectivity index (χ4n) is 5.31. The molecule has 0 aliphatic carbocycles. The number of hydrogen-bond donors (Lipinski definition) is 5. The zero-order valence-corrected chi connectivity index (χ0v) is 16.6. The van der Waals surface area contributed by atoms with Crippen LogP contribution in [0.1, 0.15) is 32.1 Å². The molecule has 0 radical (unpaired) electrons. The number of amides is 1. The van der Waals surface area contributed by atoms with E-state index in [1.807, 2.05) is 5.01 Å². The summed E-state index contributed by atoms with van der Waals surface area (Å²) in [5.41, 5.74) is 9.54. The Morgan fingerprint density at radius 1 is 1.25 bits per heavy atom. The maximum atomic E-state index is 13.2. The maximum Gasteiger partial charge on any atom is 0.229 e. The second-order valence-corrected chi connectivity index (χ2v) is 8.69. The highest BCUT2D eigenvalue weighted by Crippen LogP contribution is 2.25. The van der Waals surface area contributed by atoms with Crippen molar-refractivity contribution >= 4 is 5.91 Å². The fraction of sp³-hybridized carbons (Fsp3) is 0.895. The van der Waals surface area contributed by atoms with E-state index in [0.717, 1.165) is 45.7 Å². The lowest BCUT2D eigenvalue weighted by Gasteiger charge is -2.43. The van der Waals surface area contributed by atoms with E-state index >= 15 is 0 Å². The number of piperidine rings is 2. The molecule has 4 rings (SSSR count). The lowest BCUT2D eigenvalue weighted by molar-refractivity contribution is -0.128. The van der Waals surface area contributed by atoms with Crippen molar-refractivity contribution in [3.8, 4) is 6.07 Å². The number of hydrazine groups is 1. The Bertz CT molecular complexity index is 589. The molecule has 0 aromatic rings. The van der Waals surface area contributed by atoms with Crippen molar-refractivity contribution in [3.05, 3.63) is 0 Å². The number of carbonyl (C=O) groups excluding carboxylic acids is 1. The van der Waals surface area contributed by atoms with Gasteiger partial charge < -0.3 is 16.4 Å². The molecule has 6 N–H and O–H groups in total. The monoisotopic (exact) mass is 390 g/mol. The molecule has 4 saturated heterocycles. The minimum atomic E-state index is -0.414. The van der Waals surface area contributed by atoms with Crippen molar-refractivity contribution in [1.82, 2.24) is 31.3 Å². The summed E-state index contributed by atoms with van der Waals surface area (Å²) >= 11 is 0. The summed E-state index contributed by atoms with van der Waals surface area (Å²) in [5, 5.41) is 21.2. The van der Waals surface area contributed by atoms with Crippen LogP contribution in [0.4, 0.5) is 0 Å². The van der Waals surface area contributed by atoms with Crippen LogP contribution in [0.25, 0.3) is 0 Å². The van der Waals surface area contributed by atoms with Gasteiger partial charge in [-0.15, -0.1) is 0 Å². The zero-order valence-electron chi connectivity index (χ0n) is 16.6. The smallest absolute Gasteiger partial charge is 0.229 e. The van der Waals surface area contributed by atoms with E-state index in [1.54, 1.807) is 0 Å². The van der Waals surface area contributed by atoms with Gasteiger partial charge in [-0.3, -0.25) is 15.0 Å². The summed E-state index contributed by atoms with van der Waals surface area (Å²) in [6.07, 6.45) is 4.88. The lowest BCUT2D eigenvalue weighted by atomic mass is 9.94. The number of nitrogens with two attached hydrogens (primary N) is 1. The van der Waals surface area contributed by atoms with E-state index in [4.69, 9.17) is 11.0 Å². The Hall–Kier alpha value is -1.28. The molecule has 0 saturated carbocycles. The van der Waals surface area contributed by atoms with E-state index in [0.29, 0.717) is 12.5 Å². The third-order valence-electron chi connectivity index (χ3n) is 6.76. The van der Waals surface area contributed by atoms with Crippen LogP contribution in [0, 0.1) is 23.2 Å². The van der Waals surface area contributed by atoms with Gasteiger partial charge in [-0.25, -0.2) is 10.4 Å². The molecule has 0 aromatic heterocycles. The van der Waals surface area contributed by atoms with Gasteiger partial charge in [0.1, 0.15) is 0 Å².